The zero-order chi connectivity index (χ0) is 15.1. The number of thioether (sulfide) groups is 1. The molecule has 2 N–H and O–H groups in total. The molecule has 0 atom stereocenters. The Balaban J connectivity index is 2.73. The van der Waals surface area contributed by atoms with Gasteiger partial charge in [0.15, 0.2) is 0 Å². The molecule has 0 bridgehead atoms. The van der Waals surface area contributed by atoms with Gasteiger partial charge in [0.2, 0.25) is 5.88 Å². The second kappa shape index (κ2) is 8.19. The number of aromatic hydroxyl groups is 1. The number of aromatic nitrogens is 2. The average Bonchev–Trinajstić information content (AvgIpc) is 2.35. The predicted octanol–water partition coefficient (Wildman–Crippen LogP) is 2.29. The van der Waals surface area contributed by atoms with Crippen LogP contribution >= 0.6 is 11.8 Å². The van der Waals surface area contributed by atoms with Crippen molar-refractivity contribution in [2.75, 3.05) is 12.0 Å². The molecule has 0 saturated carbocycles. The third kappa shape index (κ3) is 4.44. The van der Waals surface area contributed by atoms with Gasteiger partial charge in [-0.2, -0.15) is 11.8 Å². The summed E-state index contributed by atoms with van der Waals surface area (Å²) in [5, 5.41) is 10.1. The number of nitrogens with zero attached hydrogens (tertiary/aromatic N) is 1. The fraction of sp³-hybridized carbons (Fsp3) is 0.714. The van der Waals surface area contributed by atoms with Crippen LogP contribution in [-0.2, 0) is 6.54 Å². The van der Waals surface area contributed by atoms with Crippen molar-refractivity contribution in [1.29, 1.82) is 0 Å². The molecule has 114 valence electrons. The quantitative estimate of drug-likeness (QED) is 0.722. The van der Waals surface area contributed by atoms with Crippen LogP contribution in [0, 0.1) is 0 Å². The summed E-state index contributed by atoms with van der Waals surface area (Å²) in [7, 11) is 0. The molecule has 6 heteroatoms. The summed E-state index contributed by atoms with van der Waals surface area (Å²) < 4.78 is 1.27. The smallest absolute Gasteiger partial charge is 0.331 e. The zero-order valence-electron chi connectivity index (χ0n) is 12.4. The van der Waals surface area contributed by atoms with Crippen molar-refractivity contribution in [2.45, 2.75) is 52.0 Å². The van der Waals surface area contributed by atoms with Gasteiger partial charge in [0.05, 0.1) is 5.56 Å². The van der Waals surface area contributed by atoms with E-state index in [0.717, 1.165) is 25.0 Å². The lowest BCUT2D eigenvalue weighted by Crippen LogP contribution is -2.32. The van der Waals surface area contributed by atoms with Gasteiger partial charge in [-0.05, 0) is 30.8 Å². The zero-order valence-corrected chi connectivity index (χ0v) is 13.3. The first kappa shape index (κ1) is 16.9. The molecule has 0 saturated heterocycles. The number of hydrogen-bond donors (Lipinski definition) is 2. The van der Waals surface area contributed by atoms with Gasteiger partial charge in [0.1, 0.15) is 0 Å². The van der Waals surface area contributed by atoms with E-state index in [9.17, 15) is 14.7 Å². The van der Waals surface area contributed by atoms with Crippen LogP contribution in [0.2, 0.25) is 0 Å². The molecular formula is C14H24N2O3S. The van der Waals surface area contributed by atoms with Crippen molar-refractivity contribution in [1.82, 2.24) is 9.55 Å². The molecule has 1 aromatic heterocycles. The SMILES string of the molecule is CSCCCCCCn1c(O)c(C(C)C)c(=O)[nH]c1=O. The molecule has 0 aliphatic heterocycles. The fourth-order valence-corrected chi connectivity index (χ4v) is 2.67. The molecule has 5 nitrogen and oxygen atoms in total. The van der Waals surface area contributed by atoms with E-state index in [2.05, 4.69) is 11.2 Å². The number of unbranched alkanes of at least 4 members (excludes halogenated alkanes) is 3. The van der Waals surface area contributed by atoms with Gasteiger partial charge in [-0.15, -0.1) is 0 Å². The van der Waals surface area contributed by atoms with Crippen LogP contribution in [0.1, 0.15) is 51.0 Å². The van der Waals surface area contributed by atoms with Crippen molar-refractivity contribution >= 4 is 11.8 Å². The lowest BCUT2D eigenvalue weighted by Gasteiger charge is -2.13. The molecule has 0 amide bonds. The second-order valence-electron chi connectivity index (χ2n) is 5.21. The highest BCUT2D eigenvalue weighted by atomic mass is 32.2. The predicted molar refractivity (Wildman–Crippen MR) is 83.9 cm³/mol. The summed E-state index contributed by atoms with van der Waals surface area (Å²) in [5.41, 5.74) is -0.730. The summed E-state index contributed by atoms with van der Waals surface area (Å²) in [6, 6.07) is 0. The first-order chi connectivity index (χ1) is 9.49. The van der Waals surface area contributed by atoms with Crippen LogP contribution in [0.3, 0.4) is 0 Å². The lowest BCUT2D eigenvalue weighted by atomic mass is 10.1. The van der Waals surface area contributed by atoms with Crippen molar-refractivity contribution in [3.63, 3.8) is 0 Å². The molecule has 1 rings (SSSR count). The maximum Gasteiger partial charge on any atom is 0.331 e. The Kier molecular flexibility index (Phi) is 6.91. The van der Waals surface area contributed by atoms with Crippen LogP contribution in [0.5, 0.6) is 5.88 Å². The highest BCUT2D eigenvalue weighted by Crippen LogP contribution is 2.19. The maximum absolute atomic E-state index is 11.7. The summed E-state index contributed by atoms with van der Waals surface area (Å²) in [4.78, 5) is 25.7. The Morgan fingerprint density at radius 3 is 2.45 bits per heavy atom. The molecule has 20 heavy (non-hydrogen) atoms. The molecule has 0 radical (unpaired) electrons. The Morgan fingerprint density at radius 2 is 1.85 bits per heavy atom. The van der Waals surface area contributed by atoms with Gasteiger partial charge >= 0.3 is 5.69 Å². The van der Waals surface area contributed by atoms with Crippen LogP contribution in [0.25, 0.3) is 0 Å². The van der Waals surface area contributed by atoms with Crippen LogP contribution < -0.4 is 11.2 Å². The standard InChI is InChI=1S/C14H24N2O3S/c1-10(2)11-12(17)15-14(19)16(13(11)18)8-6-4-5-7-9-20-3/h10,18H,4-9H2,1-3H3,(H,15,17,19). The minimum atomic E-state index is -0.527. The van der Waals surface area contributed by atoms with Crippen molar-refractivity contribution in [3.8, 4) is 5.88 Å². The third-order valence-corrected chi connectivity index (χ3v) is 3.96. The Morgan fingerprint density at radius 1 is 1.20 bits per heavy atom. The number of nitrogens with one attached hydrogen (secondary N) is 1. The van der Waals surface area contributed by atoms with Crippen molar-refractivity contribution in [2.24, 2.45) is 0 Å². The number of H-pyrrole nitrogens is 1. The van der Waals surface area contributed by atoms with Gasteiger partial charge in [0.25, 0.3) is 5.56 Å². The lowest BCUT2D eigenvalue weighted by molar-refractivity contribution is 0.383. The average molecular weight is 300 g/mol. The number of hydrogen-bond acceptors (Lipinski definition) is 4. The van der Waals surface area contributed by atoms with Crippen LogP contribution in [-0.4, -0.2) is 26.7 Å². The van der Waals surface area contributed by atoms with Crippen LogP contribution in [0.15, 0.2) is 9.59 Å². The summed E-state index contributed by atoms with van der Waals surface area (Å²) in [6.07, 6.45) is 6.22. The van der Waals surface area contributed by atoms with Gasteiger partial charge in [-0.3, -0.25) is 14.3 Å². The maximum atomic E-state index is 11.7. The summed E-state index contributed by atoms with van der Waals surface area (Å²) in [5.74, 6) is 0.853. The largest absolute Gasteiger partial charge is 0.494 e. The number of rotatable bonds is 8. The molecule has 1 aromatic rings. The van der Waals surface area contributed by atoms with E-state index in [-0.39, 0.29) is 17.4 Å². The number of aromatic amines is 1. The van der Waals surface area contributed by atoms with E-state index in [1.165, 1.54) is 11.0 Å². The van der Waals surface area contributed by atoms with Gasteiger partial charge in [-0.1, -0.05) is 26.7 Å². The van der Waals surface area contributed by atoms with E-state index in [4.69, 9.17) is 0 Å². The second-order valence-corrected chi connectivity index (χ2v) is 6.20. The molecular weight excluding hydrogens is 276 g/mol. The summed E-state index contributed by atoms with van der Waals surface area (Å²) >= 11 is 1.83. The van der Waals surface area contributed by atoms with E-state index >= 15 is 0 Å². The highest BCUT2D eigenvalue weighted by Gasteiger charge is 2.16. The first-order valence-corrected chi connectivity index (χ1v) is 8.43. The van der Waals surface area contributed by atoms with E-state index in [1.807, 2.05) is 25.6 Å². The van der Waals surface area contributed by atoms with Crippen LogP contribution in [0.4, 0.5) is 0 Å². The summed E-state index contributed by atoms with van der Waals surface area (Å²) in [6.45, 7) is 4.09. The Hall–Kier alpha value is -1.17. The molecule has 0 fully saturated rings. The third-order valence-electron chi connectivity index (χ3n) is 3.26. The molecule has 0 aliphatic rings. The molecule has 0 unspecified atom stereocenters. The molecule has 0 aliphatic carbocycles. The first-order valence-electron chi connectivity index (χ1n) is 7.04. The van der Waals surface area contributed by atoms with Crippen molar-refractivity contribution < 1.29 is 5.11 Å². The molecule has 0 spiro atoms. The van der Waals surface area contributed by atoms with Gasteiger partial charge in [-0.25, -0.2) is 4.79 Å². The fourth-order valence-electron chi connectivity index (χ4n) is 2.17. The van der Waals surface area contributed by atoms with Crippen molar-refractivity contribution in [3.05, 3.63) is 26.4 Å². The molecule has 1 heterocycles. The van der Waals surface area contributed by atoms with Gasteiger partial charge < -0.3 is 5.11 Å². The minimum Gasteiger partial charge on any atom is -0.494 e. The highest BCUT2D eigenvalue weighted by molar-refractivity contribution is 7.98. The normalized spacial score (nSPS) is 11.2. The Labute approximate surface area is 123 Å². The van der Waals surface area contributed by atoms with Gasteiger partial charge in [0, 0.05) is 6.54 Å². The van der Waals surface area contributed by atoms with E-state index in [0.29, 0.717) is 6.54 Å². The monoisotopic (exact) mass is 300 g/mol. The topological polar surface area (TPSA) is 75.1 Å². The Bertz CT molecular complexity index is 534. The molecule has 0 aromatic carbocycles. The minimum absolute atomic E-state index is 0.118. The van der Waals surface area contributed by atoms with E-state index in [1.54, 1.807) is 0 Å². The van der Waals surface area contributed by atoms with E-state index < -0.39 is 11.2 Å².